The molecule has 2 aliphatic rings. The van der Waals surface area contributed by atoms with Gasteiger partial charge in [0.15, 0.2) is 5.79 Å². The van der Waals surface area contributed by atoms with Crippen LogP contribution in [0.4, 0.5) is 10.5 Å². The van der Waals surface area contributed by atoms with E-state index in [0.717, 1.165) is 6.42 Å². The molecule has 0 unspecified atom stereocenters. The Morgan fingerprint density at radius 1 is 1.16 bits per heavy atom. The van der Waals surface area contributed by atoms with Gasteiger partial charge in [-0.2, -0.15) is 0 Å². The molecule has 7 nitrogen and oxygen atoms in total. The summed E-state index contributed by atoms with van der Waals surface area (Å²) in [5.74, 6) is -0.838. The first-order valence-corrected chi connectivity index (χ1v) is 8.73. The highest BCUT2D eigenvalue weighted by Crippen LogP contribution is 2.31. The Labute approximate surface area is 147 Å². The lowest BCUT2D eigenvalue weighted by Gasteiger charge is -2.37. The van der Waals surface area contributed by atoms with Crippen molar-refractivity contribution < 1.29 is 23.8 Å². The first kappa shape index (κ1) is 17.7. The fourth-order valence-corrected chi connectivity index (χ4v) is 3.01. The number of rotatable bonds is 4. The first-order valence-electron chi connectivity index (χ1n) is 8.73. The minimum atomic E-state index is -0.489. The zero-order chi connectivity index (χ0) is 17.7. The van der Waals surface area contributed by atoms with Crippen LogP contribution < -0.4 is 5.32 Å². The number of urea groups is 1. The number of nitrogens with one attached hydrogen (secondary N) is 1. The summed E-state index contributed by atoms with van der Waals surface area (Å²) in [5.41, 5.74) is 1.12. The maximum atomic E-state index is 12.4. The third kappa shape index (κ3) is 4.29. The van der Waals surface area contributed by atoms with Crippen LogP contribution in [-0.2, 0) is 14.2 Å². The molecular weight excluding hydrogens is 324 g/mol. The maximum Gasteiger partial charge on any atom is 0.338 e. The average Bonchev–Trinajstić information content (AvgIpc) is 3.09. The zero-order valence-corrected chi connectivity index (χ0v) is 14.5. The molecule has 2 fully saturated rings. The fraction of sp³-hybridized carbons (Fsp3) is 0.556. The highest BCUT2D eigenvalue weighted by molar-refractivity contribution is 5.92. The monoisotopic (exact) mass is 348 g/mol. The van der Waals surface area contributed by atoms with Crippen molar-refractivity contribution in [1.29, 1.82) is 0 Å². The van der Waals surface area contributed by atoms with Crippen LogP contribution in [0.3, 0.4) is 0 Å². The molecule has 1 N–H and O–H groups in total. The number of benzene rings is 1. The molecule has 0 bridgehead atoms. The van der Waals surface area contributed by atoms with Gasteiger partial charge in [0, 0.05) is 31.6 Å². The van der Waals surface area contributed by atoms with E-state index >= 15 is 0 Å². The molecule has 1 aromatic rings. The summed E-state index contributed by atoms with van der Waals surface area (Å²) >= 11 is 0. The Bertz CT molecular complexity index is 600. The molecule has 136 valence electrons. The van der Waals surface area contributed by atoms with Crippen molar-refractivity contribution in [3.63, 3.8) is 0 Å². The minimum Gasteiger partial charge on any atom is -0.462 e. The number of carbonyl (C=O) groups is 2. The molecule has 1 spiro atoms. The second-order valence-electron chi connectivity index (χ2n) is 6.24. The predicted molar refractivity (Wildman–Crippen MR) is 91.5 cm³/mol. The van der Waals surface area contributed by atoms with Crippen LogP contribution in [0.25, 0.3) is 0 Å². The summed E-state index contributed by atoms with van der Waals surface area (Å²) in [6.45, 7) is 4.78. The third-order valence-electron chi connectivity index (χ3n) is 4.44. The van der Waals surface area contributed by atoms with E-state index in [1.54, 1.807) is 29.2 Å². The van der Waals surface area contributed by atoms with Crippen LogP contribution in [0.1, 0.15) is 36.5 Å². The van der Waals surface area contributed by atoms with Gasteiger partial charge in [0.1, 0.15) is 0 Å². The van der Waals surface area contributed by atoms with Gasteiger partial charge in [-0.25, -0.2) is 9.59 Å². The van der Waals surface area contributed by atoms with Gasteiger partial charge >= 0.3 is 12.0 Å². The van der Waals surface area contributed by atoms with Gasteiger partial charge in [-0.05, 0) is 30.7 Å². The van der Waals surface area contributed by atoms with Gasteiger partial charge in [0.05, 0.1) is 25.4 Å². The van der Waals surface area contributed by atoms with Crippen LogP contribution in [0, 0.1) is 0 Å². The Morgan fingerprint density at radius 2 is 1.80 bits per heavy atom. The Morgan fingerprint density at radius 3 is 2.40 bits per heavy atom. The van der Waals surface area contributed by atoms with Gasteiger partial charge in [-0.15, -0.1) is 0 Å². The second kappa shape index (κ2) is 7.84. The van der Waals surface area contributed by atoms with E-state index in [-0.39, 0.29) is 12.0 Å². The lowest BCUT2D eigenvalue weighted by molar-refractivity contribution is -0.181. The largest absolute Gasteiger partial charge is 0.462 e. The van der Waals surface area contributed by atoms with Crippen molar-refractivity contribution in [3.8, 4) is 0 Å². The fourth-order valence-electron chi connectivity index (χ4n) is 3.01. The van der Waals surface area contributed by atoms with Gasteiger partial charge in [-0.1, -0.05) is 6.92 Å². The number of hydrogen-bond acceptors (Lipinski definition) is 5. The molecule has 7 heteroatoms. The molecule has 3 rings (SSSR count). The summed E-state index contributed by atoms with van der Waals surface area (Å²) in [4.78, 5) is 25.9. The molecule has 0 aromatic heterocycles. The second-order valence-corrected chi connectivity index (χ2v) is 6.24. The maximum absolute atomic E-state index is 12.4. The van der Waals surface area contributed by atoms with Crippen LogP contribution in [0.2, 0.25) is 0 Å². The molecule has 2 saturated heterocycles. The molecule has 0 aliphatic carbocycles. The topological polar surface area (TPSA) is 77.1 Å². The average molecular weight is 348 g/mol. The molecular formula is C18H24N2O5. The SMILES string of the molecule is CCCOC(=O)c1ccc(NC(=O)N2CCC3(CC2)OCCO3)cc1. The van der Waals surface area contributed by atoms with Gasteiger partial charge in [0.25, 0.3) is 0 Å². The molecule has 25 heavy (non-hydrogen) atoms. The number of esters is 1. The number of carbonyl (C=O) groups excluding carboxylic acids is 2. The standard InChI is InChI=1S/C18H24N2O5/c1-2-11-23-16(21)14-3-5-15(6-4-14)19-17(22)20-9-7-18(8-10-20)24-12-13-25-18/h3-6H,2,7-13H2,1H3,(H,19,22). The normalized spacial score (nSPS) is 19.0. The summed E-state index contributed by atoms with van der Waals surface area (Å²) in [7, 11) is 0. The molecule has 2 amide bonds. The van der Waals surface area contributed by atoms with E-state index < -0.39 is 5.79 Å². The molecule has 2 aliphatic heterocycles. The number of anilines is 1. The van der Waals surface area contributed by atoms with Crippen LogP contribution in [0.5, 0.6) is 0 Å². The van der Waals surface area contributed by atoms with E-state index in [2.05, 4.69) is 5.32 Å². The lowest BCUT2D eigenvalue weighted by atomic mass is 10.0. The minimum absolute atomic E-state index is 0.158. The van der Waals surface area contributed by atoms with Crippen molar-refractivity contribution >= 4 is 17.7 Å². The molecule has 1 aromatic carbocycles. The summed E-state index contributed by atoms with van der Waals surface area (Å²) in [6, 6.07) is 6.55. The van der Waals surface area contributed by atoms with E-state index in [1.165, 1.54) is 0 Å². The highest BCUT2D eigenvalue weighted by atomic mass is 16.7. The number of likely N-dealkylation sites (tertiary alicyclic amines) is 1. The summed E-state index contributed by atoms with van der Waals surface area (Å²) < 4.78 is 16.4. The van der Waals surface area contributed by atoms with Gasteiger partial charge in [-0.3, -0.25) is 0 Å². The van der Waals surface area contributed by atoms with E-state index in [0.29, 0.717) is 57.0 Å². The number of piperidine rings is 1. The Balaban J connectivity index is 1.50. The van der Waals surface area contributed by atoms with Gasteiger partial charge < -0.3 is 24.4 Å². The number of amides is 2. The van der Waals surface area contributed by atoms with Crippen molar-refractivity contribution in [2.75, 3.05) is 38.2 Å². The van der Waals surface area contributed by atoms with E-state index in [9.17, 15) is 9.59 Å². The van der Waals surface area contributed by atoms with Crippen LogP contribution in [-0.4, -0.2) is 55.6 Å². The third-order valence-corrected chi connectivity index (χ3v) is 4.44. The number of nitrogens with zero attached hydrogens (tertiary/aromatic N) is 1. The van der Waals surface area contributed by atoms with E-state index in [1.807, 2.05) is 6.92 Å². The smallest absolute Gasteiger partial charge is 0.338 e. The quantitative estimate of drug-likeness (QED) is 0.847. The zero-order valence-electron chi connectivity index (χ0n) is 14.5. The van der Waals surface area contributed by atoms with Crippen molar-refractivity contribution in [3.05, 3.63) is 29.8 Å². The van der Waals surface area contributed by atoms with Gasteiger partial charge in [0.2, 0.25) is 0 Å². The van der Waals surface area contributed by atoms with Crippen LogP contribution in [0.15, 0.2) is 24.3 Å². The Hall–Kier alpha value is -2.12. The van der Waals surface area contributed by atoms with Crippen molar-refractivity contribution in [2.45, 2.75) is 32.0 Å². The predicted octanol–water partition coefficient (Wildman–Crippen LogP) is 2.62. The lowest BCUT2D eigenvalue weighted by Crippen LogP contribution is -2.48. The molecule has 0 atom stereocenters. The van der Waals surface area contributed by atoms with E-state index in [4.69, 9.17) is 14.2 Å². The summed E-state index contributed by atoms with van der Waals surface area (Å²) in [6.07, 6.45) is 2.15. The van der Waals surface area contributed by atoms with Crippen molar-refractivity contribution in [1.82, 2.24) is 4.90 Å². The number of hydrogen-bond donors (Lipinski definition) is 1. The Kier molecular flexibility index (Phi) is 5.55. The molecule has 0 saturated carbocycles. The highest BCUT2D eigenvalue weighted by Gasteiger charge is 2.40. The van der Waals surface area contributed by atoms with Crippen molar-refractivity contribution in [2.24, 2.45) is 0 Å². The number of ether oxygens (including phenoxy) is 3. The molecule has 2 heterocycles. The molecule has 0 radical (unpaired) electrons. The summed E-state index contributed by atoms with van der Waals surface area (Å²) in [5, 5.41) is 2.85. The first-order chi connectivity index (χ1) is 12.1. The van der Waals surface area contributed by atoms with Crippen LogP contribution >= 0.6 is 0 Å².